The summed E-state index contributed by atoms with van der Waals surface area (Å²) in [5.74, 6) is 4.79. The van der Waals surface area contributed by atoms with Crippen LogP contribution in [0.1, 0.15) is 12.6 Å². The molecule has 11 heteroatoms. The van der Waals surface area contributed by atoms with Crippen molar-refractivity contribution in [3.8, 4) is 0 Å². The molecule has 1 heterocycles. The van der Waals surface area contributed by atoms with Crippen LogP contribution in [0.2, 0.25) is 0 Å². The van der Waals surface area contributed by atoms with Crippen molar-refractivity contribution in [2.75, 3.05) is 23.5 Å². The Morgan fingerprint density at radius 3 is 2.65 bits per heavy atom. The van der Waals surface area contributed by atoms with E-state index in [2.05, 4.69) is 31.4 Å². The summed E-state index contributed by atoms with van der Waals surface area (Å²) in [4.78, 5) is 35.5. The number of amides is 1. The highest BCUT2D eigenvalue weighted by Gasteiger charge is 2.15. The van der Waals surface area contributed by atoms with Crippen LogP contribution in [0, 0.1) is 0 Å². The highest BCUT2D eigenvalue weighted by atomic mass is 79.9. The molecule has 0 saturated heterocycles. The van der Waals surface area contributed by atoms with E-state index < -0.39 is 11.5 Å². The number of nitrogens with two attached hydrogens (primary N) is 1. The second-order valence-corrected chi connectivity index (χ2v) is 6.79. The smallest absolute Gasteiger partial charge is 0.312 e. The number of rotatable bonds is 7. The van der Waals surface area contributed by atoms with Gasteiger partial charge < -0.3 is 15.9 Å². The molecule has 0 unspecified atom stereocenters. The third-order valence-electron chi connectivity index (χ3n) is 3.01. The van der Waals surface area contributed by atoms with Gasteiger partial charge in [0.15, 0.2) is 0 Å². The second kappa shape index (κ2) is 9.34. The van der Waals surface area contributed by atoms with Crippen LogP contribution in [-0.2, 0) is 20.7 Å². The molecule has 2 rings (SSSR count). The maximum atomic E-state index is 12.1. The van der Waals surface area contributed by atoms with Crippen LogP contribution in [0.15, 0.2) is 38.7 Å². The molecule has 0 aliphatic carbocycles. The van der Waals surface area contributed by atoms with Gasteiger partial charge >= 0.3 is 5.97 Å². The van der Waals surface area contributed by atoms with Crippen LogP contribution in [0.25, 0.3) is 0 Å². The van der Waals surface area contributed by atoms with Gasteiger partial charge in [-0.15, -0.1) is 10.2 Å². The molecule has 3 N–H and O–H groups in total. The summed E-state index contributed by atoms with van der Waals surface area (Å²) in [6.45, 7) is 1.86. The fourth-order valence-electron chi connectivity index (χ4n) is 1.84. The lowest BCUT2D eigenvalue weighted by atomic mass is 10.3. The van der Waals surface area contributed by atoms with Crippen LogP contribution in [0.3, 0.4) is 0 Å². The van der Waals surface area contributed by atoms with Gasteiger partial charge in [-0.05, 0) is 31.2 Å². The topological polar surface area (TPSA) is 129 Å². The zero-order valence-electron chi connectivity index (χ0n) is 13.8. The van der Waals surface area contributed by atoms with Crippen LogP contribution in [0.4, 0.5) is 5.69 Å². The van der Waals surface area contributed by atoms with Gasteiger partial charge in [-0.1, -0.05) is 27.7 Å². The molecule has 2 aromatic rings. The summed E-state index contributed by atoms with van der Waals surface area (Å²) in [6, 6.07) is 7.09. The van der Waals surface area contributed by atoms with E-state index in [1.165, 1.54) is 0 Å². The predicted octanol–water partition coefficient (Wildman–Crippen LogP) is 0.951. The van der Waals surface area contributed by atoms with E-state index in [9.17, 15) is 14.4 Å². The highest BCUT2D eigenvalue weighted by molar-refractivity contribution is 9.10. The van der Waals surface area contributed by atoms with Crippen LogP contribution < -0.4 is 16.7 Å². The zero-order chi connectivity index (χ0) is 19.1. The van der Waals surface area contributed by atoms with Crippen LogP contribution in [-0.4, -0.2) is 39.1 Å². The number of thioether (sulfide) groups is 1. The third kappa shape index (κ3) is 5.56. The molecule has 0 bridgehead atoms. The van der Waals surface area contributed by atoms with Gasteiger partial charge in [0.2, 0.25) is 11.1 Å². The lowest BCUT2D eigenvalue weighted by Crippen LogP contribution is -2.35. The molecule has 1 aromatic heterocycles. The number of carbonyl (C=O) groups excluding carboxylic acids is 2. The van der Waals surface area contributed by atoms with E-state index in [0.29, 0.717) is 5.69 Å². The average Bonchev–Trinajstić information content (AvgIpc) is 2.60. The molecule has 0 aliphatic heterocycles. The molecule has 0 spiro atoms. The Labute approximate surface area is 161 Å². The number of aromatic nitrogens is 3. The Bertz CT molecular complexity index is 856. The van der Waals surface area contributed by atoms with E-state index in [-0.39, 0.29) is 35.5 Å². The van der Waals surface area contributed by atoms with Gasteiger partial charge in [0.05, 0.1) is 18.8 Å². The number of hydrogen-bond acceptors (Lipinski definition) is 8. The number of nitrogens with one attached hydrogen (secondary N) is 1. The van der Waals surface area contributed by atoms with Crippen molar-refractivity contribution in [1.82, 2.24) is 14.9 Å². The standard InChI is InChI=1S/C15H16BrN5O4S/c1-2-25-13(23)7-11-14(24)21(17)15(20-19-11)26-8-12(22)18-10-5-3-9(16)4-6-10/h3-6H,2,7-8,17H2,1H3,(H,18,22). The van der Waals surface area contributed by atoms with Crippen LogP contribution >= 0.6 is 27.7 Å². The Hall–Kier alpha value is -2.40. The van der Waals surface area contributed by atoms with Gasteiger partial charge in [0.25, 0.3) is 5.56 Å². The molecular weight excluding hydrogens is 426 g/mol. The maximum absolute atomic E-state index is 12.1. The number of ether oxygens (including phenoxy) is 1. The minimum atomic E-state index is -0.663. The van der Waals surface area contributed by atoms with E-state index in [0.717, 1.165) is 20.9 Å². The van der Waals surface area contributed by atoms with Gasteiger partial charge in [-0.2, -0.15) is 4.68 Å². The summed E-state index contributed by atoms with van der Waals surface area (Å²) in [6.07, 6.45) is -0.314. The molecule has 26 heavy (non-hydrogen) atoms. The quantitative estimate of drug-likeness (QED) is 0.369. The molecule has 1 amide bonds. The van der Waals surface area contributed by atoms with E-state index in [1.807, 2.05) is 0 Å². The second-order valence-electron chi connectivity index (χ2n) is 4.93. The molecule has 0 saturated carbocycles. The van der Waals surface area contributed by atoms with Crippen molar-refractivity contribution < 1.29 is 14.3 Å². The monoisotopic (exact) mass is 441 g/mol. The number of hydrogen-bond donors (Lipinski definition) is 2. The molecule has 138 valence electrons. The first kappa shape index (κ1) is 19.9. The number of halogens is 1. The van der Waals surface area contributed by atoms with Crippen molar-refractivity contribution in [3.63, 3.8) is 0 Å². The van der Waals surface area contributed by atoms with Crippen LogP contribution in [0.5, 0.6) is 0 Å². The Morgan fingerprint density at radius 2 is 2.00 bits per heavy atom. The van der Waals surface area contributed by atoms with Crippen molar-refractivity contribution in [2.24, 2.45) is 0 Å². The minimum Gasteiger partial charge on any atom is -0.466 e. The highest BCUT2D eigenvalue weighted by Crippen LogP contribution is 2.16. The Morgan fingerprint density at radius 1 is 1.31 bits per heavy atom. The first-order valence-electron chi connectivity index (χ1n) is 7.48. The number of nitrogen functional groups attached to an aromatic ring is 1. The molecule has 0 radical (unpaired) electrons. The SMILES string of the molecule is CCOC(=O)Cc1nnc(SCC(=O)Nc2ccc(Br)cc2)n(N)c1=O. The summed E-state index contributed by atoms with van der Waals surface area (Å²) < 4.78 is 6.42. The van der Waals surface area contributed by atoms with E-state index in [4.69, 9.17) is 10.6 Å². The number of nitrogens with zero attached hydrogens (tertiary/aromatic N) is 3. The fourth-order valence-corrected chi connectivity index (χ4v) is 2.76. The first-order chi connectivity index (χ1) is 12.4. The number of anilines is 1. The van der Waals surface area contributed by atoms with Crippen molar-refractivity contribution in [1.29, 1.82) is 0 Å². The predicted molar refractivity (Wildman–Crippen MR) is 100 cm³/mol. The average molecular weight is 442 g/mol. The number of benzene rings is 1. The Balaban J connectivity index is 1.98. The van der Waals surface area contributed by atoms with Crippen molar-refractivity contribution in [2.45, 2.75) is 18.5 Å². The Kier molecular flexibility index (Phi) is 7.16. The van der Waals surface area contributed by atoms with Gasteiger partial charge in [-0.25, -0.2) is 0 Å². The van der Waals surface area contributed by atoms with E-state index >= 15 is 0 Å². The molecule has 0 aliphatic rings. The third-order valence-corrected chi connectivity index (χ3v) is 4.48. The van der Waals surface area contributed by atoms with E-state index in [1.54, 1.807) is 31.2 Å². The summed E-state index contributed by atoms with van der Waals surface area (Å²) in [5.41, 5.74) is -0.140. The van der Waals surface area contributed by atoms with Crippen molar-refractivity contribution in [3.05, 3.63) is 44.8 Å². The lowest BCUT2D eigenvalue weighted by molar-refractivity contribution is -0.142. The summed E-state index contributed by atoms with van der Waals surface area (Å²) >= 11 is 4.27. The van der Waals surface area contributed by atoms with Gasteiger partial charge in [0.1, 0.15) is 5.69 Å². The largest absolute Gasteiger partial charge is 0.466 e. The molecule has 9 nitrogen and oxygen atoms in total. The number of esters is 1. The molecular formula is C15H16BrN5O4S. The summed E-state index contributed by atoms with van der Waals surface area (Å²) in [7, 11) is 0. The van der Waals surface area contributed by atoms with Crippen molar-refractivity contribution >= 4 is 45.3 Å². The maximum Gasteiger partial charge on any atom is 0.312 e. The number of carbonyl (C=O) groups is 2. The molecule has 1 aromatic carbocycles. The van der Waals surface area contributed by atoms with Gasteiger partial charge in [0, 0.05) is 10.2 Å². The normalized spacial score (nSPS) is 10.4. The zero-order valence-corrected chi connectivity index (χ0v) is 16.2. The minimum absolute atomic E-state index is 0.0153. The van der Waals surface area contributed by atoms with Gasteiger partial charge in [-0.3, -0.25) is 14.4 Å². The lowest BCUT2D eigenvalue weighted by Gasteiger charge is -2.08. The fraction of sp³-hybridized carbons (Fsp3) is 0.267. The summed E-state index contributed by atoms with van der Waals surface area (Å²) in [5, 5.41) is 10.3. The molecule has 0 fully saturated rings. The molecule has 0 atom stereocenters. The first-order valence-corrected chi connectivity index (χ1v) is 9.26.